The fourth-order valence-electron chi connectivity index (χ4n) is 2.40. The van der Waals surface area contributed by atoms with Gasteiger partial charge in [0.05, 0.1) is 19.3 Å². The minimum Gasteiger partial charge on any atom is -0.394 e. The zero-order valence-corrected chi connectivity index (χ0v) is 12.6. The van der Waals surface area contributed by atoms with Crippen molar-refractivity contribution in [3.05, 3.63) is 23.4 Å². The number of rotatable bonds is 5. The van der Waals surface area contributed by atoms with Crippen molar-refractivity contribution in [3.8, 4) is 0 Å². The van der Waals surface area contributed by atoms with Gasteiger partial charge in [-0.25, -0.2) is 4.98 Å². The summed E-state index contributed by atoms with van der Waals surface area (Å²) in [5.74, 6) is 1.00. The number of aliphatic hydroxyl groups is 1. The maximum absolute atomic E-state index is 9.21. The van der Waals surface area contributed by atoms with E-state index in [0.29, 0.717) is 19.2 Å². The van der Waals surface area contributed by atoms with E-state index in [4.69, 9.17) is 4.74 Å². The van der Waals surface area contributed by atoms with Crippen molar-refractivity contribution in [2.24, 2.45) is 0 Å². The maximum atomic E-state index is 9.21. The van der Waals surface area contributed by atoms with Crippen LogP contribution in [0.1, 0.15) is 25.0 Å². The van der Waals surface area contributed by atoms with Crippen LogP contribution in [0.3, 0.4) is 0 Å². The van der Waals surface area contributed by atoms with Gasteiger partial charge in [-0.1, -0.05) is 13.8 Å². The van der Waals surface area contributed by atoms with Crippen LogP contribution >= 0.6 is 0 Å². The Morgan fingerprint density at radius 1 is 1.55 bits per heavy atom. The second-order valence-electron chi connectivity index (χ2n) is 5.64. The Balaban J connectivity index is 2.05. The van der Waals surface area contributed by atoms with Gasteiger partial charge < -0.3 is 20.1 Å². The van der Waals surface area contributed by atoms with Crippen molar-refractivity contribution in [2.45, 2.75) is 39.5 Å². The summed E-state index contributed by atoms with van der Waals surface area (Å²) in [6.45, 7) is 9.43. The molecule has 2 N–H and O–H groups in total. The van der Waals surface area contributed by atoms with Gasteiger partial charge in [0.1, 0.15) is 5.82 Å². The lowest BCUT2D eigenvalue weighted by Gasteiger charge is -2.33. The summed E-state index contributed by atoms with van der Waals surface area (Å²) in [6, 6.07) is 2.65. The molecule has 0 amide bonds. The van der Waals surface area contributed by atoms with Gasteiger partial charge in [0.25, 0.3) is 0 Å². The molecule has 1 fully saturated rings. The summed E-state index contributed by atoms with van der Waals surface area (Å²) in [7, 11) is 0. The number of nitrogens with one attached hydrogen (secondary N) is 1. The predicted molar refractivity (Wildman–Crippen MR) is 80.0 cm³/mol. The zero-order chi connectivity index (χ0) is 14.5. The van der Waals surface area contributed by atoms with Gasteiger partial charge in [-0.05, 0) is 24.1 Å². The van der Waals surface area contributed by atoms with Crippen LogP contribution < -0.4 is 10.2 Å². The number of nitrogens with zero attached hydrogens (tertiary/aromatic N) is 2. The molecule has 2 rings (SSSR count). The average Bonchev–Trinajstić information content (AvgIpc) is 2.45. The lowest BCUT2D eigenvalue weighted by molar-refractivity contribution is 0.00333. The van der Waals surface area contributed by atoms with E-state index in [0.717, 1.165) is 18.9 Å². The Morgan fingerprint density at radius 2 is 2.35 bits per heavy atom. The zero-order valence-electron chi connectivity index (χ0n) is 12.6. The highest BCUT2D eigenvalue weighted by Gasteiger charge is 2.21. The van der Waals surface area contributed by atoms with Crippen molar-refractivity contribution in [2.75, 3.05) is 31.2 Å². The Bertz CT molecular complexity index is 437. The molecule has 1 saturated heterocycles. The molecule has 20 heavy (non-hydrogen) atoms. The molecular weight excluding hydrogens is 254 g/mol. The molecule has 0 aromatic carbocycles. The molecule has 1 aromatic heterocycles. The molecule has 0 saturated carbocycles. The Labute approximate surface area is 121 Å². The average molecular weight is 279 g/mol. The lowest BCUT2D eigenvalue weighted by atomic mass is 10.1. The standard InChI is InChI=1S/C15H25N3O2/c1-11(2)16-7-13-6-12(3)15(17-8-13)18-4-5-20-14(9-18)10-19/h6,8,11,14,16,19H,4-5,7,9-10H2,1-3H3. The van der Waals surface area contributed by atoms with E-state index in [2.05, 4.69) is 42.0 Å². The first-order valence-corrected chi connectivity index (χ1v) is 7.26. The number of aromatic nitrogens is 1. The van der Waals surface area contributed by atoms with Crippen molar-refractivity contribution < 1.29 is 9.84 Å². The monoisotopic (exact) mass is 279 g/mol. The first-order valence-electron chi connectivity index (χ1n) is 7.26. The summed E-state index contributed by atoms with van der Waals surface area (Å²) in [4.78, 5) is 6.79. The Kier molecular flexibility index (Phi) is 5.34. The van der Waals surface area contributed by atoms with Crippen LogP contribution in [-0.4, -0.2) is 48.5 Å². The van der Waals surface area contributed by atoms with Gasteiger partial charge in [-0.2, -0.15) is 0 Å². The molecule has 5 nitrogen and oxygen atoms in total. The maximum Gasteiger partial charge on any atom is 0.131 e. The number of pyridine rings is 1. The Morgan fingerprint density at radius 3 is 3.00 bits per heavy atom. The minimum absolute atomic E-state index is 0.0614. The first-order chi connectivity index (χ1) is 9.60. The van der Waals surface area contributed by atoms with Crippen molar-refractivity contribution in [3.63, 3.8) is 0 Å². The van der Waals surface area contributed by atoms with Crippen LogP contribution in [0.4, 0.5) is 5.82 Å². The molecule has 0 radical (unpaired) electrons. The third-order valence-corrected chi connectivity index (χ3v) is 3.46. The van der Waals surface area contributed by atoms with Crippen molar-refractivity contribution in [1.29, 1.82) is 0 Å². The van der Waals surface area contributed by atoms with Crippen molar-refractivity contribution >= 4 is 5.82 Å². The molecule has 0 aliphatic carbocycles. The largest absolute Gasteiger partial charge is 0.394 e. The highest BCUT2D eigenvalue weighted by atomic mass is 16.5. The quantitative estimate of drug-likeness (QED) is 0.845. The molecule has 1 unspecified atom stereocenters. The van der Waals surface area contributed by atoms with Crippen LogP contribution in [0.2, 0.25) is 0 Å². The smallest absolute Gasteiger partial charge is 0.131 e. The van der Waals surface area contributed by atoms with Gasteiger partial charge in [0.15, 0.2) is 0 Å². The summed E-state index contributed by atoms with van der Waals surface area (Å²) >= 11 is 0. The first kappa shape index (κ1) is 15.2. The molecule has 2 heterocycles. The van der Waals surface area contributed by atoms with Crippen molar-refractivity contribution in [1.82, 2.24) is 10.3 Å². The highest BCUT2D eigenvalue weighted by Crippen LogP contribution is 2.20. The third kappa shape index (κ3) is 3.91. The number of ether oxygens (including phenoxy) is 1. The minimum atomic E-state index is -0.104. The summed E-state index contributed by atoms with van der Waals surface area (Å²) in [6.07, 6.45) is 1.83. The highest BCUT2D eigenvalue weighted by molar-refractivity contribution is 5.47. The number of aryl methyl sites for hydroxylation is 1. The number of hydrogen-bond acceptors (Lipinski definition) is 5. The molecular formula is C15H25N3O2. The second kappa shape index (κ2) is 7.02. The molecule has 5 heteroatoms. The SMILES string of the molecule is Cc1cc(CNC(C)C)cnc1N1CCOC(CO)C1. The third-order valence-electron chi connectivity index (χ3n) is 3.46. The predicted octanol–water partition coefficient (Wildman–Crippen LogP) is 1.09. The lowest BCUT2D eigenvalue weighted by Crippen LogP contribution is -2.44. The van der Waals surface area contributed by atoms with Crippen LogP contribution in [0.25, 0.3) is 0 Å². The van der Waals surface area contributed by atoms with E-state index in [9.17, 15) is 5.11 Å². The van der Waals surface area contributed by atoms with E-state index in [1.165, 1.54) is 11.1 Å². The van der Waals surface area contributed by atoms with Gasteiger partial charge in [-0.3, -0.25) is 0 Å². The molecule has 1 aliphatic heterocycles. The summed E-state index contributed by atoms with van der Waals surface area (Å²) in [5, 5.41) is 12.6. The molecule has 1 atom stereocenters. The van der Waals surface area contributed by atoms with E-state index in [1.54, 1.807) is 0 Å². The van der Waals surface area contributed by atoms with Crippen LogP contribution in [-0.2, 0) is 11.3 Å². The summed E-state index contributed by atoms with van der Waals surface area (Å²) < 4.78 is 5.48. The molecule has 0 spiro atoms. The van der Waals surface area contributed by atoms with Crippen LogP contribution in [0.15, 0.2) is 12.3 Å². The fraction of sp³-hybridized carbons (Fsp3) is 0.667. The normalized spacial score (nSPS) is 19.6. The number of anilines is 1. The Hall–Kier alpha value is -1.17. The van der Waals surface area contributed by atoms with Crippen LogP contribution in [0, 0.1) is 6.92 Å². The fourth-order valence-corrected chi connectivity index (χ4v) is 2.40. The van der Waals surface area contributed by atoms with Gasteiger partial charge in [0.2, 0.25) is 0 Å². The molecule has 1 aliphatic rings. The number of aliphatic hydroxyl groups excluding tert-OH is 1. The molecule has 112 valence electrons. The van der Waals surface area contributed by atoms with Gasteiger partial charge in [-0.15, -0.1) is 0 Å². The van der Waals surface area contributed by atoms with E-state index in [-0.39, 0.29) is 12.7 Å². The molecule has 1 aromatic rings. The van der Waals surface area contributed by atoms with Gasteiger partial charge >= 0.3 is 0 Å². The number of hydrogen-bond donors (Lipinski definition) is 2. The molecule has 0 bridgehead atoms. The second-order valence-corrected chi connectivity index (χ2v) is 5.64. The van der Waals surface area contributed by atoms with E-state index in [1.807, 2.05) is 6.20 Å². The van der Waals surface area contributed by atoms with E-state index < -0.39 is 0 Å². The summed E-state index contributed by atoms with van der Waals surface area (Å²) in [5.41, 5.74) is 2.37. The van der Waals surface area contributed by atoms with Crippen LogP contribution in [0.5, 0.6) is 0 Å². The van der Waals surface area contributed by atoms with Gasteiger partial charge in [0, 0.05) is 31.9 Å². The van der Waals surface area contributed by atoms with E-state index >= 15 is 0 Å². The topological polar surface area (TPSA) is 57.6 Å². The number of morpholine rings is 1.